The van der Waals surface area contributed by atoms with Crippen LogP contribution in [0.4, 0.5) is 0 Å². The average molecular weight is 1850 g/mol. The Labute approximate surface area is 742 Å². The third kappa shape index (κ3) is 27.9. The second-order valence-corrected chi connectivity index (χ2v) is 43.5. The first kappa shape index (κ1) is 104. The maximum atomic E-state index is 12.8. The zero-order valence-corrected chi connectivity index (χ0v) is 77.2. The van der Waals surface area contributed by atoms with Crippen molar-refractivity contribution in [2.45, 2.75) is 197 Å². The zero-order chi connectivity index (χ0) is 91.3. The Morgan fingerprint density at radius 3 is 1.36 bits per heavy atom. The topological polar surface area (TPSA) is 611 Å². The molecule has 12 saturated heterocycles. The van der Waals surface area contributed by atoms with E-state index in [9.17, 15) is 92.4 Å². The van der Waals surface area contributed by atoms with Crippen molar-refractivity contribution in [1.82, 2.24) is 42.9 Å². The summed E-state index contributed by atoms with van der Waals surface area (Å²) in [4.78, 5) is 105. The molecule has 17 atom stereocenters. The van der Waals surface area contributed by atoms with Crippen molar-refractivity contribution >= 4 is 37.5 Å². The van der Waals surface area contributed by atoms with Crippen LogP contribution in [0.5, 0.6) is 0 Å². The molecular formula is C71H114KN10O34P5. The van der Waals surface area contributed by atoms with Crippen LogP contribution in [0.1, 0.15) is 121 Å². The number of aliphatic hydroxyl groups is 9. The number of hydrogen-bond acceptors (Lipinski definition) is 35. The second kappa shape index (κ2) is 46.7. The van der Waals surface area contributed by atoms with Gasteiger partial charge < -0.3 is 126 Å². The van der Waals surface area contributed by atoms with Gasteiger partial charge in [0.2, 0.25) is 7.98 Å². The van der Waals surface area contributed by atoms with E-state index in [2.05, 4.69) is 43.6 Å². The third-order valence-corrected chi connectivity index (χ3v) is 31.1. The molecule has 50 heteroatoms. The van der Waals surface area contributed by atoms with E-state index in [-0.39, 0.29) is 140 Å². The quantitative estimate of drug-likeness (QED) is 0.0129. The molecule has 12 fully saturated rings. The van der Waals surface area contributed by atoms with Gasteiger partial charge in [0, 0.05) is 96.7 Å². The van der Waals surface area contributed by atoms with Crippen LogP contribution >= 0.6 is 37.5 Å². The van der Waals surface area contributed by atoms with Gasteiger partial charge in [0.05, 0.1) is 51.8 Å². The SMILES string of the molecule is CC(C)(C)[O-].COP(=O)(CP(=O)(CO)CO)OC.C[C@H]1C[C@H]2OC[C@]1(/C=C/P(=O)(CO)CO)O[C@H]2n1ccc(=O)[nH]c1=O.C[C@H]1C[C@H]2OC[C@]1(CO)O[C@H]2n1ccc(=O)[nH]c1=O.[2H]C[C@]12CO[C@H](C[C@@H]1O)[C@H](n1ccc(=O)[nH]c1=O)O2.[3H]OC.[C-]#[N+]CCOP(O[C@H]1C[C@H]2OC[C@]1(/C=C/P(=O)(CO)CO)O[C@H]2n1ccc(=O)[nH]c1=O)N(C(C)C)C(C)C.[K+]. The van der Waals surface area contributed by atoms with Crippen molar-refractivity contribution in [3.05, 3.63) is 168 Å². The molecule has 0 saturated carbocycles. The maximum Gasteiger partial charge on any atom is 1.00 e. The van der Waals surface area contributed by atoms with Crippen molar-refractivity contribution < 1.29 is 178 Å². The Hall–Kier alpha value is -4.24. The molecule has 12 aliphatic rings. The van der Waals surface area contributed by atoms with Crippen LogP contribution in [-0.4, -0.2) is 278 Å². The van der Waals surface area contributed by atoms with Crippen LogP contribution in [-0.2, 0) is 74.3 Å². The molecule has 0 aromatic carbocycles. The minimum absolute atomic E-state index is 0. The van der Waals surface area contributed by atoms with Crippen molar-refractivity contribution in [3.8, 4) is 0 Å². The number of aliphatic hydroxyl groups excluding tert-OH is 9. The molecule has 4 aromatic rings. The Morgan fingerprint density at radius 1 is 0.628 bits per heavy atom. The smallest absolute Gasteiger partial charge is 0.850 e. The van der Waals surface area contributed by atoms with Gasteiger partial charge in [-0.2, -0.15) is 0 Å². The van der Waals surface area contributed by atoms with E-state index >= 15 is 0 Å². The maximum absolute atomic E-state index is 12.8. The van der Waals surface area contributed by atoms with Gasteiger partial charge in [0.15, 0.2) is 39.2 Å². The zero-order valence-electron chi connectivity index (χ0n) is 71.6. The fraction of sp³-hybridized carbons (Fsp3) is 0.704. The molecular weight excluding hydrogens is 1730 g/mol. The Bertz CT molecular complexity index is 4710. The fourth-order valence-electron chi connectivity index (χ4n) is 13.3. The second-order valence-electron chi connectivity index (χ2n) is 30.7. The van der Waals surface area contributed by atoms with E-state index in [1.807, 2.05) is 41.5 Å². The standard InChI is InChI=1S/C23H36N4O9P2.C15H21N2O7P.C12H16N2O5.C11H14N2O5.C5H14O6P2.C4H9O.CH4O.K/c1-16(2)27(17(3)4)37(34-10-8-24-5)36-19-12-18-21(26-9-6-20(30)25-22(26)31)35-23(19,13-33-18)7-11-38(32,14-28)15-29;1-10-6-11-13(17-4-2-12(20)16-14(17)21)24-15(10,7-23-11)3-5-25(22,8-18)9-19;1-7-4-8-10(19-12(7,5-15)6-18-8)14-3-2-9(16)13-11(14)17;1-11-5-17-6(4-7(11)14)9(18-11)13-3-2-8(15)12-10(13)16;1-10-13(9,11-2)5-12(8,3-6)4-7;1-4(2,3)5;1-2;/h6-7,9,11,16-19,21,28-29H,8,10,12-15H2,1-4H3,(H,25,30,31);2-5,10-11,13,18-19H,6-9H2,1H3,(H,16,20,21);2-3,7-8,10,15H,4-6H2,1H3,(H,13,16,17);2-3,6-7,9,14H,4-5H2,1H3,(H,12,15,16);6-7H,3-5H2,1-2H3;1-3H3;2H,1H3;/q;;;;;-1;;+1/b11-7+;5-3+;;;;;;/t18-,19+,21-,23+,37?;10-,11+,13+,15-;7-,8+,10+,12-;6-,7+,9-,11+;;;;/m1001..../s1/i;;;1D;;;2T;. The van der Waals surface area contributed by atoms with Crippen LogP contribution < -0.4 is 101 Å². The van der Waals surface area contributed by atoms with Gasteiger partial charge in [-0.05, 0) is 83.1 Å². The van der Waals surface area contributed by atoms with Crippen molar-refractivity contribution in [2.75, 3.05) is 112 Å². The molecule has 4 aromatic heterocycles. The minimum Gasteiger partial charge on any atom is -0.850 e. The summed E-state index contributed by atoms with van der Waals surface area (Å²) in [6.07, 6.45) is -0.0412. The Balaban J connectivity index is 0.000000277. The normalized spacial score (nSPS) is 28.9. The predicted octanol–water partition coefficient (Wildman–Crippen LogP) is -2.31. The molecule has 1 unspecified atom stereocenters. The minimum atomic E-state index is -3.47. The molecule has 121 heavy (non-hydrogen) atoms. The van der Waals surface area contributed by atoms with Crippen LogP contribution in [0.25, 0.3) is 4.85 Å². The van der Waals surface area contributed by atoms with Crippen LogP contribution in [0.15, 0.2) is 111 Å². The number of nitrogens with zero attached hydrogens (tertiary/aromatic N) is 6. The summed E-state index contributed by atoms with van der Waals surface area (Å²) < 4.78 is 137. The number of aromatic nitrogens is 8. The summed E-state index contributed by atoms with van der Waals surface area (Å²) in [7, 11) is -11.4. The monoisotopic (exact) mass is 1850 g/mol. The number of fused-ring (bicyclic) bond motifs is 12. The molecule has 0 aliphatic carbocycles. The van der Waals surface area contributed by atoms with Crippen LogP contribution in [0, 0.1) is 18.4 Å². The molecule has 16 rings (SSSR count). The largest absolute Gasteiger partial charge is 1.00 e. The molecule has 16 heterocycles. The first-order valence-corrected chi connectivity index (χ1v) is 47.1. The van der Waals surface area contributed by atoms with Gasteiger partial charge in [0.25, 0.3) is 30.8 Å². The fourth-order valence-corrected chi connectivity index (χ4v) is 21.1. The van der Waals surface area contributed by atoms with E-state index in [0.29, 0.717) is 25.9 Å². The molecule has 678 valence electrons. The van der Waals surface area contributed by atoms with E-state index in [1.165, 1.54) is 92.1 Å². The van der Waals surface area contributed by atoms with Gasteiger partial charge >= 0.3 is 81.7 Å². The molecule has 0 spiro atoms. The van der Waals surface area contributed by atoms with Crippen LogP contribution in [0.2, 0.25) is 0 Å². The summed E-state index contributed by atoms with van der Waals surface area (Å²) in [5, 5.41) is 88.1. The molecule has 0 amide bonds. The summed E-state index contributed by atoms with van der Waals surface area (Å²) in [5.74, 6) is 2.26. The number of ether oxygens (including phenoxy) is 8. The van der Waals surface area contributed by atoms with E-state index in [4.69, 9.17) is 66.5 Å². The number of hydrogen-bond donors (Lipinski definition) is 13. The Morgan fingerprint density at radius 2 is 1.00 bits per heavy atom. The molecule has 12 aliphatic heterocycles. The molecule has 8 bridgehead atoms. The average Bonchev–Trinajstić information content (AvgIpc) is 0.732. The van der Waals surface area contributed by atoms with Crippen LogP contribution in [0.3, 0.4) is 0 Å². The van der Waals surface area contributed by atoms with Crippen molar-refractivity contribution in [2.24, 2.45) is 11.8 Å². The van der Waals surface area contributed by atoms with Crippen molar-refractivity contribution in [3.63, 3.8) is 0 Å². The van der Waals surface area contributed by atoms with Gasteiger partial charge in [-0.3, -0.25) is 61.9 Å². The first-order chi connectivity index (χ1) is 57.3. The summed E-state index contributed by atoms with van der Waals surface area (Å²) in [6, 6.07) is 5.01. The molecule has 13 N–H and O–H groups in total. The summed E-state index contributed by atoms with van der Waals surface area (Å²) >= 11 is 0. The number of rotatable bonds is 27. The number of nitrogens with one attached hydrogen (secondary N) is 4. The third-order valence-electron chi connectivity index (χ3n) is 20.1. The van der Waals surface area contributed by atoms with Gasteiger partial charge in [-0.25, -0.2) is 30.4 Å². The first-order valence-electron chi connectivity index (χ1n) is 38.8. The van der Waals surface area contributed by atoms with Gasteiger partial charge in [-0.15, -0.1) is 5.60 Å². The van der Waals surface area contributed by atoms with E-state index < -0.39 is 204 Å². The van der Waals surface area contributed by atoms with Gasteiger partial charge in [0.1, 0.15) is 98.0 Å². The number of aromatic amines is 4. The van der Waals surface area contributed by atoms with E-state index in [0.717, 1.165) is 14.2 Å². The number of H-pyrrole nitrogens is 4. The molecule has 44 nitrogen and oxygen atoms in total. The molecule has 0 radical (unpaired) electrons. The van der Waals surface area contributed by atoms with Gasteiger partial charge in [-0.1, -0.05) is 34.6 Å². The Kier molecular flexibility index (Phi) is 40.0. The predicted molar refractivity (Wildman–Crippen MR) is 431 cm³/mol. The summed E-state index contributed by atoms with van der Waals surface area (Å²) in [5.41, 5.74) is -9.32. The van der Waals surface area contributed by atoms with E-state index in [1.54, 1.807) is 26.8 Å². The van der Waals surface area contributed by atoms with Crippen molar-refractivity contribution in [1.29, 1.82) is 1.43 Å². The summed E-state index contributed by atoms with van der Waals surface area (Å²) in [6.45, 7) is 24.7.